The molecule has 0 aliphatic carbocycles. The third-order valence-corrected chi connectivity index (χ3v) is 4.87. The van der Waals surface area contributed by atoms with Crippen molar-refractivity contribution in [1.29, 1.82) is 5.41 Å². The quantitative estimate of drug-likeness (QED) is 0.296. The van der Waals surface area contributed by atoms with Crippen LogP contribution in [-0.2, 0) is 16.0 Å². The molecule has 5 heteroatoms. The van der Waals surface area contributed by atoms with Crippen LogP contribution >= 0.6 is 0 Å². The van der Waals surface area contributed by atoms with Crippen molar-refractivity contribution in [3.63, 3.8) is 0 Å². The average Bonchev–Trinajstić information content (AvgIpc) is 2.70. The summed E-state index contributed by atoms with van der Waals surface area (Å²) in [7, 11) is 3.28. The normalized spacial score (nSPS) is 10.9. The Morgan fingerprint density at radius 2 is 1.63 bits per heavy atom. The second-order valence-electron chi connectivity index (χ2n) is 6.67. The lowest BCUT2D eigenvalue weighted by Gasteiger charge is -2.20. The third kappa shape index (κ3) is 4.42. The molecule has 0 amide bonds. The number of nitrogens with one attached hydrogen (secondary N) is 1. The molecule has 0 aliphatic heterocycles. The highest BCUT2D eigenvalue weighted by Crippen LogP contribution is 2.27. The minimum Gasteiger partial charge on any atom is -0.469 e. The second kappa shape index (κ2) is 8.62. The largest absolute Gasteiger partial charge is 0.469 e. The van der Waals surface area contributed by atoms with Crippen molar-refractivity contribution in [2.75, 3.05) is 20.7 Å². The maximum absolute atomic E-state index is 11.2. The van der Waals surface area contributed by atoms with Gasteiger partial charge in [0.15, 0.2) is 0 Å². The maximum Gasteiger partial charge on any atom is 0.305 e. The molecule has 140 valence electrons. The number of carbonyl (C=O) groups is 1. The number of amidine groups is 1. The Labute approximate surface area is 159 Å². The van der Waals surface area contributed by atoms with Crippen molar-refractivity contribution in [3.8, 4) is 0 Å². The first-order valence-corrected chi connectivity index (χ1v) is 9.22. The van der Waals surface area contributed by atoms with Gasteiger partial charge in [-0.3, -0.25) is 10.2 Å². The van der Waals surface area contributed by atoms with Gasteiger partial charge in [0.2, 0.25) is 0 Å². The highest BCUT2D eigenvalue weighted by atomic mass is 16.5. The van der Waals surface area contributed by atoms with Gasteiger partial charge in [-0.25, -0.2) is 4.98 Å². The van der Waals surface area contributed by atoms with Crippen molar-refractivity contribution in [2.24, 2.45) is 0 Å². The molecule has 0 radical (unpaired) electrons. The molecule has 3 rings (SSSR count). The van der Waals surface area contributed by atoms with E-state index in [1.54, 1.807) is 0 Å². The summed E-state index contributed by atoms with van der Waals surface area (Å²) < 4.78 is 4.64. The van der Waals surface area contributed by atoms with E-state index < -0.39 is 0 Å². The summed E-state index contributed by atoms with van der Waals surface area (Å²) in [6.45, 7) is 0.769. The molecule has 1 aromatic heterocycles. The predicted octanol–water partition coefficient (Wildman–Crippen LogP) is 4.18. The van der Waals surface area contributed by atoms with Crippen LogP contribution in [0.1, 0.15) is 24.8 Å². The summed E-state index contributed by atoms with van der Waals surface area (Å²) in [5.41, 5.74) is 3.35. The van der Waals surface area contributed by atoms with Gasteiger partial charge in [0.25, 0.3) is 0 Å². The Balaban J connectivity index is 1.71. The number of rotatable bonds is 7. The summed E-state index contributed by atoms with van der Waals surface area (Å²) in [5, 5.41) is 10.5. The number of carbonyl (C=O) groups excluding carboxylic acids is 1. The number of para-hydroxylation sites is 2. The van der Waals surface area contributed by atoms with Gasteiger partial charge in [-0.05, 0) is 30.5 Å². The van der Waals surface area contributed by atoms with Crippen molar-refractivity contribution < 1.29 is 9.53 Å². The third-order valence-electron chi connectivity index (χ3n) is 4.87. The zero-order chi connectivity index (χ0) is 19.2. The van der Waals surface area contributed by atoms with Gasteiger partial charge >= 0.3 is 5.97 Å². The minimum atomic E-state index is -0.275. The predicted molar refractivity (Wildman–Crippen MR) is 109 cm³/mol. The number of fused-ring (bicyclic) bond motifs is 2. The molecule has 0 atom stereocenters. The number of aryl methyl sites for hydroxylation is 1. The van der Waals surface area contributed by atoms with Gasteiger partial charge in [-0.2, -0.15) is 0 Å². The molecule has 0 saturated carbocycles. The summed E-state index contributed by atoms with van der Waals surface area (Å²) in [5.74, 6) is 0.188. The van der Waals surface area contributed by atoms with E-state index >= 15 is 0 Å². The van der Waals surface area contributed by atoms with E-state index in [1.165, 1.54) is 23.4 Å². The van der Waals surface area contributed by atoms with E-state index in [0.29, 0.717) is 12.3 Å². The zero-order valence-corrected chi connectivity index (χ0v) is 15.9. The number of hydrogen-bond acceptors (Lipinski definition) is 4. The van der Waals surface area contributed by atoms with Crippen LogP contribution in [-0.4, -0.2) is 42.4 Å². The molecule has 3 aromatic rings. The van der Waals surface area contributed by atoms with Gasteiger partial charge < -0.3 is 9.64 Å². The topological polar surface area (TPSA) is 66.3 Å². The van der Waals surface area contributed by atoms with Crippen LogP contribution in [0, 0.1) is 5.41 Å². The standard InChI is InChI=1S/C22H25N3O2/c1-25(21(23)13-14-22(26)27-2)15-7-10-16-17-8-3-5-11-19(17)24-20-12-6-4-9-18(16)20/h3-6,8-9,11-12,23H,7,10,13-15H2,1-2H3. The lowest BCUT2D eigenvalue weighted by Crippen LogP contribution is -2.27. The number of esters is 1. The molecule has 1 N–H and O–H groups in total. The first-order chi connectivity index (χ1) is 13.1. The number of hydrogen-bond donors (Lipinski definition) is 1. The highest BCUT2D eigenvalue weighted by molar-refractivity contribution is 5.97. The lowest BCUT2D eigenvalue weighted by molar-refractivity contribution is -0.140. The van der Waals surface area contributed by atoms with E-state index in [4.69, 9.17) is 10.4 Å². The number of benzene rings is 2. The van der Waals surface area contributed by atoms with E-state index in [0.717, 1.165) is 30.4 Å². The minimum absolute atomic E-state index is 0.249. The molecule has 0 fully saturated rings. The van der Waals surface area contributed by atoms with Crippen LogP contribution in [0.4, 0.5) is 0 Å². The molecule has 0 bridgehead atoms. The molecular weight excluding hydrogens is 338 g/mol. The van der Waals surface area contributed by atoms with Gasteiger partial charge in [0, 0.05) is 30.8 Å². The molecule has 0 saturated heterocycles. The first kappa shape index (κ1) is 18.8. The molecule has 0 aliphatic rings. The van der Waals surface area contributed by atoms with Gasteiger partial charge in [0.1, 0.15) is 0 Å². The van der Waals surface area contributed by atoms with Gasteiger partial charge in [-0.1, -0.05) is 36.4 Å². The number of methoxy groups -OCH3 is 1. The monoisotopic (exact) mass is 363 g/mol. The Bertz CT molecular complexity index is 914. The average molecular weight is 363 g/mol. The summed E-state index contributed by atoms with van der Waals surface area (Å²) >= 11 is 0. The van der Waals surface area contributed by atoms with Crippen LogP contribution in [0.15, 0.2) is 48.5 Å². The van der Waals surface area contributed by atoms with E-state index in [2.05, 4.69) is 41.1 Å². The van der Waals surface area contributed by atoms with Crippen molar-refractivity contribution in [1.82, 2.24) is 9.88 Å². The Kier molecular flexibility index (Phi) is 6.01. The van der Waals surface area contributed by atoms with Crippen LogP contribution in [0.3, 0.4) is 0 Å². The SMILES string of the molecule is COC(=O)CCC(=N)N(C)CCCc1c2ccccc2nc2ccccc12. The molecule has 27 heavy (non-hydrogen) atoms. The van der Waals surface area contributed by atoms with Crippen molar-refractivity contribution in [3.05, 3.63) is 54.1 Å². The van der Waals surface area contributed by atoms with Crippen molar-refractivity contribution in [2.45, 2.75) is 25.7 Å². The molecular formula is C22H25N3O2. The van der Waals surface area contributed by atoms with Crippen LogP contribution in [0.25, 0.3) is 21.8 Å². The van der Waals surface area contributed by atoms with E-state index in [-0.39, 0.29) is 12.4 Å². The fourth-order valence-corrected chi connectivity index (χ4v) is 3.34. The van der Waals surface area contributed by atoms with Gasteiger partial charge in [0.05, 0.1) is 30.4 Å². The first-order valence-electron chi connectivity index (χ1n) is 9.22. The Morgan fingerprint density at radius 3 is 2.22 bits per heavy atom. The van der Waals surface area contributed by atoms with E-state index in [1.807, 2.05) is 24.1 Å². The van der Waals surface area contributed by atoms with Gasteiger partial charge in [-0.15, -0.1) is 0 Å². The fraction of sp³-hybridized carbons (Fsp3) is 0.318. The Hall–Kier alpha value is -2.95. The lowest BCUT2D eigenvalue weighted by atomic mass is 9.98. The number of ether oxygens (including phenoxy) is 1. The van der Waals surface area contributed by atoms with Crippen LogP contribution in [0.5, 0.6) is 0 Å². The van der Waals surface area contributed by atoms with Crippen LogP contribution in [0.2, 0.25) is 0 Å². The molecule has 5 nitrogen and oxygen atoms in total. The molecule has 0 spiro atoms. The number of nitrogens with zero attached hydrogens (tertiary/aromatic N) is 2. The smallest absolute Gasteiger partial charge is 0.305 e. The summed E-state index contributed by atoms with van der Waals surface area (Å²) in [6.07, 6.45) is 2.50. The van der Waals surface area contributed by atoms with E-state index in [9.17, 15) is 4.79 Å². The fourth-order valence-electron chi connectivity index (χ4n) is 3.34. The molecule has 1 heterocycles. The molecule has 0 unspecified atom stereocenters. The number of pyridine rings is 1. The maximum atomic E-state index is 11.2. The van der Waals surface area contributed by atoms with Crippen molar-refractivity contribution >= 4 is 33.6 Å². The number of aromatic nitrogens is 1. The Morgan fingerprint density at radius 1 is 1.04 bits per heavy atom. The summed E-state index contributed by atoms with van der Waals surface area (Å²) in [4.78, 5) is 17.9. The second-order valence-corrected chi connectivity index (χ2v) is 6.67. The summed E-state index contributed by atoms with van der Waals surface area (Å²) in [6, 6.07) is 16.5. The molecule has 2 aromatic carbocycles. The highest BCUT2D eigenvalue weighted by Gasteiger charge is 2.11. The van der Waals surface area contributed by atoms with Crippen LogP contribution < -0.4 is 0 Å². The zero-order valence-electron chi connectivity index (χ0n) is 15.9.